The van der Waals surface area contributed by atoms with Crippen LogP contribution in [0.5, 0.6) is 0 Å². The number of carbonyl (C=O) groups excluding carboxylic acids is 1. The summed E-state index contributed by atoms with van der Waals surface area (Å²) in [5.74, 6) is -0.264. The first-order chi connectivity index (χ1) is 7.59. The number of primary amides is 1. The molecule has 1 rings (SSSR count). The maximum absolute atomic E-state index is 10.7. The van der Waals surface area contributed by atoms with Gasteiger partial charge in [0.2, 0.25) is 5.91 Å². The lowest BCUT2D eigenvalue weighted by molar-refractivity contribution is -0.118. The minimum atomic E-state index is -0.264. The van der Waals surface area contributed by atoms with Crippen LogP contribution in [0.2, 0.25) is 0 Å². The molecule has 1 aromatic rings. The van der Waals surface area contributed by atoms with Crippen molar-refractivity contribution in [1.82, 2.24) is 10.3 Å². The van der Waals surface area contributed by atoms with Crippen LogP contribution in [0.1, 0.15) is 24.5 Å². The molecule has 0 saturated heterocycles. The van der Waals surface area contributed by atoms with Crippen molar-refractivity contribution in [3.63, 3.8) is 0 Å². The Bertz CT molecular complexity index is 352. The van der Waals surface area contributed by atoms with Gasteiger partial charge in [-0.1, -0.05) is 0 Å². The van der Waals surface area contributed by atoms with Gasteiger partial charge in [0.15, 0.2) is 0 Å². The van der Waals surface area contributed by atoms with Crippen molar-refractivity contribution in [1.29, 1.82) is 0 Å². The first-order valence-corrected chi connectivity index (χ1v) is 5.50. The highest BCUT2D eigenvalue weighted by atomic mass is 16.1. The average Bonchev–Trinajstić information content (AvgIpc) is 2.19. The van der Waals surface area contributed by atoms with Crippen LogP contribution in [0.15, 0.2) is 18.5 Å². The molecule has 0 aliphatic heterocycles. The molecule has 4 nitrogen and oxygen atoms in total. The number of nitrogens with two attached hydrogens (primary N) is 1. The molecule has 0 saturated carbocycles. The predicted molar refractivity (Wildman–Crippen MR) is 64.0 cm³/mol. The van der Waals surface area contributed by atoms with E-state index in [0.717, 1.165) is 13.0 Å². The third kappa shape index (κ3) is 4.40. The normalized spacial score (nSPS) is 12.4. The standard InChI is InChI=1S/C12H19N3O/c1-9-8-14-5-3-11(9)4-6-15-10(2)7-12(13)16/h3,5,8,10,15H,4,6-7H2,1-2H3,(H2,13,16). The summed E-state index contributed by atoms with van der Waals surface area (Å²) in [6, 6.07) is 2.16. The second-order valence-electron chi connectivity index (χ2n) is 4.08. The topological polar surface area (TPSA) is 68.0 Å². The van der Waals surface area contributed by atoms with E-state index < -0.39 is 0 Å². The highest BCUT2D eigenvalue weighted by Gasteiger charge is 2.05. The number of pyridine rings is 1. The molecule has 1 amide bonds. The Labute approximate surface area is 96.3 Å². The van der Waals surface area contributed by atoms with E-state index in [2.05, 4.69) is 17.2 Å². The number of hydrogen-bond acceptors (Lipinski definition) is 3. The molecule has 1 atom stereocenters. The van der Waals surface area contributed by atoms with Gasteiger partial charge in [-0.2, -0.15) is 0 Å². The Morgan fingerprint density at radius 2 is 2.38 bits per heavy atom. The molecule has 16 heavy (non-hydrogen) atoms. The van der Waals surface area contributed by atoms with Crippen molar-refractivity contribution < 1.29 is 4.79 Å². The molecule has 0 aromatic carbocycles. The van der Waals surface area contributed by atoms with Gasteiger partial charge in [-0.15, -0.1) is 0 Å². The molecule has 0 aliphatic carbocycles. The predicted octanol–water partition coefficient (Wildman–Crippen LogP) is 0.786. The lowest BCUT2D eigenvalue weighted by atomic mass is 10.1. The van der Waals surface area contributed by atoms with Crippen LogP contribution >= 0.6 is 0 Å². The van der Waals surface area contributed by atoms with E-state index in [0.29, 0.717) is 6.42 Å². The maximum Gasteiger partial charge on any atom is 0.218 e. The van der Waals surface area contributed by atoms with Crippen LogP contribution in [-0.4, -0.2) is 23.5 Å². The summed E-state index contributed by atoms with van der Waals surface area (Å²) in [4.78, 5) is 14.7. The van der Waals surface area contributed by atoms with Crippen molar-refractivity contribution in [3.8, 4) is 0 Å². The smallest absolute Gasteiger partial charge is 0.218 e. The molecule has 0 spiro atoms. The number of hydrogen-bond donors (Lipinski definition) is 2. The fourth-order valence-corrected chi connectivity index (χ4v) is 1.61. The van der Waals surface area contributed by atoms with Gasteiger partial charge in [-0.05, 0) is 44.0 Å². The molecule has 4 heteroatoms. The zero-order valence-electron chi connectivity index (χ0n) is 9.86. The minimum absolute atomic E-state index is 0.139. The Balaban J connectivity index is 2.30. The second kappa shape index (κ2) is 6.23. The number of nitrogens with zero attached hydrogens (tertiary/aromatic N) is 1. The molecule has 0 bridgehead atoms. The van der Waals surface area contributed by atoms with Crippen molar-refractivity contribution in [2.24, 2.45) is 5.73 Å². The van der Waals surface area contributed by atoms with Crippen LogP contribution < -0.4 is 11.1 Å². The van der Waals surface area contributed by atoms with Gasteiger partial charge in [0.05, 0.1) is 0 Å². The summed E-state index contributed by atoms with van der Waals surface area (Å²) < 4.78 is 0. The van der Waals surface area contributed by atoms with E-state index in [4.69, 9.17) is 5.73 Å². The quantitative estimate of drug-likeness (QED) is 0.746. The number of amides is 1. The molecule has 1 heterocycles. The molecule has 0 fully saturated rings. The molecule has 88 valence electrons. The molecular formula is C12H19N3O. The lowest BCUT2D eigenvalue weighted by Gasteiger charge is -2.12. The van der Waals surface area contributed by atoms with E-state index in [1.807, 2.05) is 19.2 Å². The van der Waals surface area contributed by atoms with E-state index in [-0.39, 0.29) is 11.9 Å². The van der Waals surface area contributed by atoms with Gasteiger partial charge in [-0.3, -0.25) is 9.78 Å². The Hall–Kier alpha value is -1.42. The number of rotatable bonds is 6. The summed E-state index contributed by atoms with van der Waals surface area (Å²) in [7, 11) is 0. The van der Waals surface area contributed by atoms with Crippen LogP contribution in [0.3, 0.4) is 0 Å². The second-order valence-corrected chi connectivity index (χ2v) is 4.08. The van der Waals surface area contributed by atoms with Crippen molar-refractivity contribution in [3.05, 3.63) is 29.6 Å². The Morgan fingerprint density at radius 1 is 1.62 bits per heavy atom. The first kappa shape index (κ1) is 12.6. The molecule has 1 aromatic heterocycles. The summed E-state index contributed by atoms with van der Waals surface area (Å²) in [6.45, 7) is 4.86. The van der Waals surface area contributed by atoms with Gasteiger partial charge < -0.3 is 11.1 Å². The van der Waals surface area contributed by atoms with Gasteiger partial charge in [0.25, 0.3) is 0 Å². The van der Waals surface area contributed by atoms with Gasteiger partial charge in [0.1, 0.15) is 0 Å². The lowest BCUT2D eigenvalue weighted by Crippen LogP contribution is -2.32. The molecule has 0 radical (unpaired) electrons. The van der Waals surface area contributed by atoms with Crippen molar-refractivity contribution in [2.75, 3.05) is 6.54 Å². The highest BCUT2D eigenvalue weighted by Crippen LogP contribution is 2.05. The molecule has 0 aliphatic rings. The summed E-state index contributed by atoms with van der Waals surface area (Å²) in [6.07, 6.45) is 4.99. The largest absolute Gasteiger partial charge is 0.370 e. The molecule has 3 N–H and O–H groups in total. The number of aryl methyl sites for hydroxylation is 1. The number of nitrogens with one attached hydrogen (secondary N) is 1. The van der Waals surface area contributed by atoms with Gasteiger partial charge >= 0.3 is 0 Å². The van der Waals surface area contributed by atoms with Crippen molar-refractivity contribution in [2.45, 2.75) is 32.7 Å². The number of carbonyl (C=O) groups is 1. The fourth-order valence-electron chi connectivity index (χ4n) is 1.61. The maximum atomic E-state index is 10.7. The van der Waals surface area contributed by atoms with Gasteiger partial charge in [-0.25, -0.2) is 0 Å². The molecule has 1 unspecified atom stereocenters. The van der Waals surface area contributed by atoms with Crippen molar-refractivity contribution >= 4 is 5.91 Å². The molecular weight excluding hydrogens is 202 g/mol. The SMILES string of the molecule is Cc1cnccc1CCNC(C)CC(N)=O. The minimum Gasteiger partial charge on any atom is -0.370 e. The van der Waals surface area contributed by atoms with Crippen LogP contribution in [0.25, 0.3) is 0 Å². The van der Waals surface area contributed by atoms with E-state index in [1.54, 1.807) is 6.20 Å². The monoisotopic (exact) mass is 221 g/mol. The summed E-state index contributed by atoms with van der Waals surface area (Å²) in [5.41, 5.74) is 7.60. The van der Waals surface area contributed by atoms with E-state index >= 15 is 0 Å². The zero-order valence-corrected chi connectivity index (χ0v) is 9.86. The fraction of sp³-hybridized carbons (Fsp3) is 0.500. The third-order valence-electron chi connectivity index (χ3n) is 2.53. The zero-order chi connectivity index (χ0) is 12.0. The van der Waals surface area contributed by atoms with Crippen LogP contribution in [0.4, 0.5) is 0 Å². The summed E-state index contributed by atoms with van der Waals surface area (Å²) in [5, 5.41) is 3.27. The van der Waals surface area contributed by atoms with Crippen LogP contribution in [0, 0.1) is 6.92 Å². The Morgan fingerprint density at radius 3 is 3.00 bits per heavy atom. The highest BCUT2D eigenvalue weighted by molar-refractivity contribution is 5.74. The number of aromatic nitrogens is 1. The van der Waals surface area contributed by atoms with E-state index in [1.165, 1.54) is 11.1 Å². The first-order valence-electron chi connectivity index (χ1n) is 5.50. The average molecular weight is 221 g/mol. The summed E-state index contributed by atoms with van der Waals surface area (Å²) >= 11 is 0. The van der Waals surface area contributed by atoms with Gasteiger partial charge in [0, 0.05) is 24.9 Å². The van der Waals surface area contributed by atoms with E-state index in [9.17, 15) is 4.79 Å². The third-order valence-corrected chi connectivity index (χ3v) is 2.53. The van der Waals surface area contributed by atoms with Crippen LogP contribution in [-0.2, 0) is 11.2 Å². The Kier molecular flexibility index (Phi) is 4.92.